The zero-order valence-electron chi connectivity index (χ0n) is 14.7. The van der Waals surface area contributed by atoms with Crippen LogP contribution in [-0.4, -0.2) is 34.7 Å². The zero-order valence-corrected chi connectivity index (χ0v) is 16.3. The highest BCUT2D eigenvalue weighted by Crippen LogP contribution is 2.29. The second-order valence-electron chi connectivity index (χ2n) is 6.48. The Balaban J connectivity index is 0.00000261. The molecule has 0 bridgehead atoms. The minimum absolute atomic E-state index is 0. The summed E-state index contributed by atoms with van der Waals surface area (Å²) in [5.74, 6) is -0.664. The second-order valence-corrected chi connectivity index (χ2v) is 6.92. The first-order valence-electron chi connectivity index (χ1n) is 8.57. The van der Waals surface area contributed by atoms with Crippen molar-refractivity contribution in [2.45, 2.75) is 30.8 Å². The van der Waals surface area contributed by atoms with Crippen LogP contribution in [-0.2, 0) is 15.1 Å². The molecule has 4 N–H and O–H groups in total. The Labute approximate surface area is 169 Å². The van der Waals surface area contributed by atoms with Crippen LogP contribution < -0.4 is 16.4 Å². The fourth-order valence-corrected chi connectivity index (χ4v) is 3.59. The minimum Gasteiger partial charge on any atom is -0.370 e. The molecule has 146 valence electrons. The molecule has 1 atom stereocenters. The first kappa shape index (κ1) is 21.2. The van der Waals surface area contributed by atoms with Gasteiger partial charge < -0.3 is 16.4 Å². The molecule has 1 aromatic carbocycles. The van der Waals surface area contributed by atoms with Crippen molar-refractivity contribution in [2.75, 3.05) is 13.1 Å². The van der Waals surface area contributed by atoms with E-state index in [0.29, 0.717) is 31.0 Å². The Morgan fingerprint density at radius 2 is 2.07 bits per heavy atom. The molecule has 0 spiro atoms. The fourth-order valence-electron chi connectivity index (χ4n) is 3.39. The van der Waals surface area contributed by atoms with Gasteiger partial charge in [-0.05, 0) is 49.7 Å². The number of carbonyl (C=O) groups excluding carboxylic acids is 2. The number of nitrogens with zero attached hydrogens (tertiary/aromatic N) is 2. The highest BCUT2D eigenvalue weighted by molar-refractivity contribution is 6.30. The number of aromatic nitrogens is 2. The maximum Gasteiger partial charge on any atom is 0.248 e. The Hall–Kier alpha value is -2.09. The molecule has 2 amide bonds. The van der Waals surface area contributed by atoms with Crippen LogP contribution >= 0.6 is 24.0 Å². The lowest BCUT2D eigenvalue weighted by molar-refractivity contribution is -0.133. The molecule has 0 unspecified atom stereocenters. The van der Waals surface area contributed by atoms with E-state index in [1.807, 2.05) is 6.07 Å². The molecule has 3 rings (SSSR count). The number of benzene rings is 1. The van der Waals surface area contributed by atoms with Crippen LogP contribution in [0.2, 0.25) is 5.02 Å². The van der Waals surface area contributed by atoms with Crippen LogP contribution in [0.15, 0.2) is 42.7 Å². The van der Waals surface area contributed by atoms with Crippen molar-refractivity contribution in [1.82, 2.24) is 20.4 Å². The molecule has 27 heavy (non-hydrogen) atoms. The van der Waals surface area contributed by atoms with E-state index < -0.39 is 17.5 Å². The van der Waals surface area contributed by atoms with E-state index in [0.717, 1.165) is 5.56 Å². The summed E-state index contributed by atoms with van der Waals surface area (Å²) in [5, 5.41) is 11.1. The maximum absolute atomic E-state index is 13.3. The molecule has 0 radical (unpaired) electrons. The van der Waals surface area contributed by atoms with Crippen molar-refractivity contribution in [3.05, 3.63) is 53.3 Å². The third-order valence-corrected chi connectivity index (χ3v) is 4.99. The number of nitrogens with one attached hydrogen (secondary N) is 2. The summed E-state index contributed by atoms with van der Waals surface area (Å²) >= 11 is 6.07. The van der Waals surface area contributed by atoms with Crippen molar-refractivity contribution in [2.24, 2.45) is 5.73 Å². The van der Waals surface area contributed by atoms with E-state index in [4.69, 9.17) is 17.3 Å². The Bertz CT molecular complexity index is 776. The normalized spacial score (nSPS) is 16.8. The lowest BCUT2D eigenvalue weighted by Gasteiger charge is -2.37. The van der Waals surface area contributed by atoms with Gasteiger partial charge >= 0.3 is 0 Å². The van der Waals surface area contributed by atoms with E-state index in [1.54, 1.807) is 41.3 Å². The molecule has 0 saturated carbocycles. The lowest BCUT2D eigenvalue weighted by Crippen LogP contribution is -2.55. The summed E-state index contributed by atoms with van der Waals surface area (Å²) in [6.45, 7) is 1.43. The van der Waals surface area contributed by atoms with E-state index >= 15 is 0 Å². The van der Waals surface area contributed by atoms with Gasteiger partial charge in [0.25, 0.3) is 0 Å². The number of halogens is 2. The number of carbonyl (C=O) groups is 2. The van der Waals surface area contributed by atoms with E-state index in [1.165, 1.54) is 0 Å². The summed E-state index contributed by atoms with van der Waals surface area (Å²) in [6, 6.07) is 8.34. The first-order chi connectivity index (χ1) is 12.5. The van der Waals surface area contributed by atoms with Crippen LogP contribution in [0.4, 0.5) is 0 Å². The van der Waals surface area contributed by atoms with Crippen LogP contribution in [0, 0.1) is 0 Å². The van der Waals surface area contributed by atoms with Gasteiger partial charge in [-0.3, -0.25) is 14.3 Å². The Kier molecular flexibility index (Phi) is 7.24. The minimum atomic E-state index is -0.788. The van der Waals surface area contributed by atoms with Crippen LogP contribution in [0.5, 0.6) is 0 Å². The molecule has 2 aromatic rings. The molecule has 0 aliphatic carbocycles. The highest BCUT2D eigenvalue weighted by atomic mass is 35.5. The van der Waals surface area contributed by atoms with E-state index in [9.17, 15) is 9.59 Å². The van der Waals surface area contributed by atoms with Crippen molar-refractivity contribution < 1.29 is 9.59 Å². The van der Waals surface area contributed by atoms with Gasteiger partial charge in [0.05, 0.1) is 12.5 Å². The monoisotopic (exact) mass is 411 g/mol. The summed E-state index contributed by atoms with van der Waals surface area (Å²) in [5.41, 5.74) is 5.36. The van der Waals surface area contributed by atoms with Crippen molar-refractivity contribution >= 4 is 35.8 Å². The Morgan fingerprint density at radius 1 is 1.33 bits per heavy atom. The SMILES string of the molecule is Cl.NC(=O)C[C@@H](NC(=O)C1(n2cccn2)CCNCC1)c1cccc(Cl)c1. The van der Waals surface area contributed by atoms with Crippen LogP contribution in [0.1, 0.15) is 30.9 Å². The van der Waals surface area contributed by atoms with Gasteiger partial charge in [-0.15, -0.1) is 12.4 Å². The van der Waals surface area contributed by atoms with Gasteiger partial charge in [-0.25, -0.2) is 0 Å². The number of primary amides is 1. The summed E-state index contributed by atoms with van der Waals surface area (Å²) < 4.78 is 1.71. The smallest absolute Gasteiger partial charge is 0.248 e. The molecule has 1 aliphatic heterocycles. The van der Waals surface area contributed by atoms with Gasteiger partial charge in [-0.1, -0.05) is 23.7 Å². The molecule has 9 heteroatoms. The topological polar surface area (TPSA) is 102 Å². The molecule has 2 heterocycles. The Morgan fingerprint density at radius 3 is 2.67 bits per heavy atom. The third-order valence-electron chi connectivity index (χ3n) is 4.76. The second kappa shape index (κ2) is 9.21. The van der Waals surface area contributed by atoms with Gasteiger partial charge in [0.1, 0.15) is 5.54 Å². The van der Waals surface area contributed by atoms with E-state index in [2.05, 4.69) is 15.7 Å². The average Bonchev–Trinajstić information content (AvgIpc) is 3.16. The molecule has 1 aliphatic rings. The fraction of sp³-hybridized carbons (Fsp3) is 0.389. The molecule has 1 fully saturated rings. The number of nitrogens with two attached hydrogens (primary N) is 1. The molecule has 7 nitrogen and oxygen atoms in total. The quantitative estimate of drug-likeness (QED) is 0.673. The number of amides is 2. The summed E-state index contributed by atoms with van der Waals surface area (Å²) in [6.07, 6.45) is 4.68. The predicted molar refractivity (Wildman–Crippen MR) is 106 cm³/mol. The van der Waals surface area contributed by atoms with Gasteiger partial charge in [0.15, 0.2) is 0 Å². The van der Waals surface area contributed by atoms with Gasteiger partial charge in [0.2, 0.25) is 11.8 Å². The molecule has 1 aromatic heterocycles. The predicted octanol–water partition coefficient (Wildman–Crippen LogP) is 1.77. The van der Waals surface area contributed by atoms with Gasteiger partial charge in [0, 0.05) is 17.4 Å². The largest absolute Gasteiger partial charge is 0.370 e. The third kappa shape index (κ3) is 4.80. The zero-order chi connectivity index (χ0) is 18.6. The summed E-state index contributed by atoms with van der Waals surface area (Å²) in [4.78, 5) is 24.8. The standard InChI is InChI=1S/C18H22ClN5O2.ClH/c19-14-4-1-3-13(11-14)15(12-16(20)25)23-17(26)18(5-8-21-9-6-18)24-10-2-7-22-24;/h1-4,7,10-11,15,21H,5-6,8-9,12H2,(H2,20,25)(H,23,26);1H/t15-;/m1./s1. The molecule has 1 saturated heterocycles. The van der Waals surface area contributed by atoms with E-state index in [-0.39, 0.29) is 24.7 Å². The number of piperidine rings is 1. The van der Waals surface area contributed by atoms with Crippen molar-refractivity contribution in [3.63, 3.8) is 0 Å². The molecular formula is C18H23Cl2N5O2. The highest BCUT2D eigenvalue weighted by Gasteiger charge is 2.42. The maximum atomic E-state index is 13.3. The number of hydrogen-bond donors (Lipinski definition) is 3. The molecular weight excluding hydrogens is 389 g/mol. The summed E-state index contributed by atoms with van der Waals surface area (Å²) in [7, 11) is 0. The first-order valence-corrected chi connectivity index (χ1v) is 8.95. The van der Waals surface area contributed by atoms with Crippen LogP contribution in [0.25, 0.3) is 0 Å². The lowest BCUT2D eigenvalue weighted by atomic mass is 9.86. The van der Waals surface area contributed by atoms with Gasteiger partial charge in [-0.2, -0.15) is 5.10 Å². The van der Waals surface area contributed by atoms with Crippen molar-refractivity contribution in [3.8, 4) is 0 Å². The van der Waals surface area contributed by atoms with Crippen LogP contribution in [0.3, 0.4) is 0 Å². The average molecular weight is 412 g/mol. The number of rotatable bonds is 6. The number of hydrogen-bond acceptors (Lipinski definition) is 4. The van der Waals surface area contributed by atoms with Crippen molar-refractivity contribution in [1.29, 1.82) is 0 Å².